The van der Waals surface area contributed by atoms with Crippen molar-refractivity contribution >= 4 is 6.03 Å². The molecule has 1 fully saturated rings. The number of rotatable bonds is 7. The molecule has 0 aliphatic carbocycles. The highest BCUT2D eigenvalue weighted by molar-refractivity contribution is 5.75. The Morgan fingerprint density at radius 1 is 1.48 bits per heavy atom. The Morgan fingerprint density at radius 3 is 2.87 bits per heavy atom. The van der Waals surface area contributed by atoms with Crippen LogP contribution in [0.25, 0.3) is 0 Å². The van der Waals surface area contributed by atoms with Crippen LogP contribution >= 0.6 is 0 Å². The zero-order valence-electron chi connectivity index (χ0n) is 14.7. The Hall–Kier alpha value is -1.75. The van der Waals surface area contributed by atoms with Gasteiger partial charge in [0, 0.05) is 13.1 Å². The van der Waals surface area contributed by atoms with Gasteiger partial charge in [-0.2, -0.15) is 0 Å². The molecular formula is C18H29N3O2. The summed E-state index contributed by atoms with van der Waals surface area (Å²) in [5, 5.41) is 3.01. The number of benzene rings is 1. The standard InChI is InChI=1S/C18H29N3O2/c1-5-20(4)11-15(3)10-19-18(22)21-12-17(13-21)23-16-8-6-7-14(2)9-16/h6-9,15,17H,5,10-13H2,1-4H3,(H,19,22). The van der Waals surface area contributed by atoms with E-state index in [9.17, 15) is 4.79 Å². The first kappa shape index (κ1) is 17.6. The minimum atomic E-state index is 0.0140. The quantitative estimate of drug-likeness (QED) is 0.839. The average Bonchev–Trinajstić information content (AvgIpc) is 2.48. The number of aryl methyl sites for hydroxylation is 1. The van der Waals surface area contributed by atoms with E-state index < -0.39 is 0 Å². The second-order valence-electron chi connectivity index (χ2n) is 6.61. The third-order valence-corrected chi connectivity index (χ3v) is 4.19. The molecule has 1 aliphatic rings. The molecule has 5 heteroatoms. The molecule has 2 amide bonds. The summed E-state index contributed by atoms with van der Waals surface area (Å²) >= 11 is 0. The minimum Gasteiger partial charge on any atom is -0.487 e. The van der Waals surface area contributed by atoms with Crippen molar-refractivity contribution in [2.45, 2.75) is 26.9 Å². The van der Waals surface area contributed by atoms with E-state index in [-0.39, 0.29) is 12.1 Å². The van der Waals surface area contributed by atoms with Gasteiger partial charge >= 0.3 is 6.03 Å². The second kappa shape index (κ2) is 8.20. The number of nitrogens with one attached hydrogen (secondary N) is 1. The molecule has 0 bridgehead atoms. The second-order valence-corrected chi connectivity index (χ2v) is 6.61. The monoisotopic (exact) mass is 319 g/mol. The van der Waals surface area contributed by atoms with E-state index >= 15 is 0 Å². The molecule has 2 rings (SSSR count). The first-order valence-electron chi connectivity index (χ1n) is 8.42. The third-order valence-electron chi connectivity index (χ3n) is 4.19. The lowest BCUT2D eigenvalue weighted by Gasteiger charge is -2.39. The van der Waals surface area contributed by atoms with Crippen LogP contribution in [0, 0.1) is 12.8 Å². The first-order valence-corrected chi connectivity index (χ1v) is 8.42. The van der Waals surface area contributed by atoms with Crippen molar-refractivity contribution < 1.29 is 9.53 Å². The number of hydrogen-bond acceptors (Lipinski definition) is 3. The number of likely N-dealkylation sites (tertiary alicyclic amines) is 1. The maximum atomic E-state index is 12.1. The Morgan fingerprint density at radius 2 is 2.22 bits per heavy atom. The smallest absolute Gasteiger partial charge is 0.317 e. The predicted molar refractivity (Wildman–Crippen MR) is 92.9 cm³/mol. The number of ether oxygens (including phenoxy) is 1. The fraction of sp³-hybridized carbons (Fsp3) is 0.611. The highest BCUT2D eigenvalue weighted by Crippen LogP contribution is 2.19. The number of carbonyl (C=O) groups is 1. The molecule has 1 saturated heterocycles. The molecule has 0 aromatic heterocycles. The lowest BCUT2D eigenvalue weighted by molar-refractivity contribution is 0.0440. The number of hydrogen-bond donors (Lipinski definition) is 1. The molecule has 1 atom stereocenters. The van der Waals surface area contributed by atoms with Gasteiger partial charge < -0.3 is 19.9 Å². The van der Waals surface area contributed by atoms with Crippen molar-refractivity contribution in [3.63, 3.8) is 0 Å². The maximum Gasteiger partial charge on any atom is 0.317 e. The molecule has 1 aromatic rings. The molecule has 0 saturated carbocycles. The Kier molecular flexibility index (Phi) is 6.28. The minimum absolute atomic E-state index is 0.0140. The molecule has 1 N–H and O–H groups in total. The van der Waals surface area contributed by atoms with Crippen LogP contribution < -0.4 is 10.1 Å². The number of nitrogens with zero attached hydrogens (tertiary/aromatic N) is 2. The normalized spacial score (nSPS) is 16.1. The summed E-state index contributed by atoms with van der Waals surface area (Å²) in [6.45, 7) is 10.4. The lowest BCUT2D eigenvalue weighted by atomic mass is 10.1. The Balaban J connectivity index is 1.65. The van der Waals surface area contributed by atoms with Crippen LogP contribution in [0.3, 0.4) is 0 Å². The highest BCUT2D eigenvalue weighted by Gasteiger charge is 2.32. The van der Waals surface area contributed by atoms with Gasteiger partial charge in [-0.05, 0) is 44.1 Å². The van der Waals surface area contributed by atoms with Gasteiger partial charge in [-0.3, -0.25) is 0 Å². The third kappa shape index (κ3) is 5.43. The van der Waals surface area contributed by atoms with Crippen LogP contribution in [0.1, 0.15) is 19.4 Å². The van der Waals surface area contributed by atoms with E-state index in [1.807, 2.05) is 31.2 Å². The molecule has 128 valence electrons. The van der Waals surface area contributed by atoms with Crippen LogP contribution in [0.4, 0.5) is 4.79 Å². The molecule has 0 radical (unpaired) electrons. The van der Waals surface area contributed by atoms with E-state index in [1.165, 1.54) is 5.56 Å². The zero-order valence-corrected chi connectivity index (χ0v) is 14.7. The van der Waals surface area contributed by atoms with Crippen LogP contribution in [0.2, 0.25) is 0 Å². The first-order chi connectivity index (χ1) is 11.0. The van der Waals surface area contributed by atoms with Gasteiger partial charge in [0.15, 0.2) is 0 Å². The summed E-state index contributed by atoms with van der Waals surface area (Å²) in [5.41, 5.74) is 1.18. The van der Waals surface area contributed by atoms with Crippen LogP contribution in [0.5, 0.6) is 5.75 Å². The van der Waals surface area contributed by atoms with E-state index in [0.29, 0.717) is 25.6 Å². The summed E-state index contributed by atoms with van der Waals surface area (Å²) in [7, 11) is 2.10. The highest BCUT2D eigenvalue weighted by atomic mass is 16.5. The van der Waals surface area contributed by atoms with Crippen molar-refractivity contribution in [2.24, 2.45) is 5.92 Å². The molecule has 1 aliphatic heterocycles. The topological polar surface area (TPSA) is 44.8 Å². The molecular weight excluding hydrogens is 290 g/mol. The zero-order chi connectivity index (χ0) is 16.8. The van der Waals surface area contributed by atoms with Crippen molar-refractivity contribution in [1.82, 2.24) is 15.1 Å². The Bertz CT molecular complexity index is 515. The van der Waals surface area contributed by atoms with Crippen molar-refractivity contribution in [2.75, 3.05) is 39.8 Å². The van der Waals surface area contributed by atoms with E-state index in [4.69, 9.17) is 4.74 Å². The summed E-state index contributed by atoms with van der Waals surface area (Å²) in [5.74, 6) is 1.33. The van der Waals surface area contributed by atoms with Gasteiger partial charge in [0.1, 0.15) is 11.9 Å². The molecule has 1 aromatic carbocycles. The summed E-state index contributed by atoms with van der Waals surface area (Å²) in [4.78, 5) is 16.1. The van der Waals surface area contributed by atoms with E-state index in [1.54, 1.807) is 4.90 Å². The largest absolute Gasteiger partial charge is 0.487 e. The van der Waals surface area contributed by atoms with Crippen LogP contribution in [-0.4, -0.2) is 61.7 Å². The van der Waals surface area contributed by atoms with E-state index in [0.717, 1.165) is 18.8 Å². The van der Waals surface area contributed by atoms with Gasteiger partial charge in [-0.1, -0.05) is 26.0 Å². The summed E-state index contributed by atoms with van der Waals surface area (Å²) < 4.78 is 5.88. The molecule has 23 heavy (non-hydrogen) atoms. The molecule has 0 spiro atoms. The van der Waals surface area contributed by atoms with Crippen molar-refractivity contribution in [1.29, 1.82) is 0 Å². The van der Waals surface area contributed by atoms with Gasteiger partial charge in [0.25, 0.3) is 0 Å². The number of amides is 2. The van der Waals surface area contributed by atoms with Crippen LogP contribution in [-0.2, 0) is 0 Å². The molecule has 5 nitrogen and oxygen atoms in total. The van der Waals surface area contributed by atoms with Gasteiger partial charge in [-0.15, -0.1) is 0 Å². The number of urea groups is 1. The number of carbonyl (C=O) groups excluding carboxylic acids is 1. The predicted octanol–water partition coefficient (Wildman–Crippen LogP) is 2.36. The average molecular weight is 319 g/mol. The molecule has 1 unspecified atom stereocenters. The Labute approximate surface area is 139 Å². The van der Waals surface area contributed by atoms with Gasteiger partial charge in [-0.25, -0.2) is 4.79 Å². The summed E-state index contributed by atoms with van der Waals surface area (Å²) in [6.07, 6.45) is 0.103. The maximum absolute atomic E-state index is 12.1. The SMILES string of the molecule is CCN(C)CC(C)CNC(=O)N1CC(Oc2cccc(C)c2)C1. The van der Waals surface area contributed by atoms with Gasteiger partial charge in [0.05, 0.1) is 13.1 Å². The fourth-order valence-electron chi connectivity index (χ4n) is 2.66. The fourth-order valence-corrected chi connectivity index (χ4v) is 2.66. The summed E-state index contributed by atoms with van der Waals surface area (Å²) in [6, 6.07) is 8.03. The lowest BCUT2D eigenvalue weighted by Crippen LogP contribution is -2.59. The molecule has 1 heterocycles. The van der Waals surface area contributed by atoms with Gasteiger partial charge in [0.2, 0.25) is 0 Å². The van der Waals surface area contributed by atoms with Crippen molar-refractivity contribution in [3.8, 4) is 5.75 Å². The van der Waals surface area contributed by atoms with Crippen LogP contribution in [0.15, 0.2) is 24.3 Å². The van der Waals surface area contributed by atoms with Crippen molar-refractivity contribution in [3.05, 3.63) is 29.8 Å². The van der Waals surface area contributed by atoms with E-state index in [2.05, 4.69) is 31.1 Å².